The molecule has 1 N–H and O–H groups in total. The molecule has 0 fully saturated rings. The molecule has 0 radical (unpaired) electrons. The summed E-state index contributed by atoms with van der Waals surface area (Å²) >= 11 is 1.52. The van der Waals surface area contributed by atoms with Crippen LogP contribution in [0, 0.1) is 0 Å². The van der Waals surface area contributed by atoms with Crippen LogP contribution in [0.1, 0.15) is 6.92 Å². The molecule has 2 aromatic heterocycles. The Morgan fingerprint density at radius 3 is 2.95 bits per heavy atom. The van der Waals surface area contributed by atoms with E-state index in [2.05, 4.69) is 9.97 Å². The number of carbonyl (C=O) groups is 1. The van der Waals surface area contributed by atoms with Crippen molar-refractivity contribution in [1.82, 2.24) is 9.97 Å². The second kappa shape index (κ2) is 5.49. The second-order valence-electron chi connectivity index (χ2n) is 4.49. The average Bonchev–Trinajstić information content (AvgIpc) is 2.91. The third-order valence-corrected chi connectivity index (χ3v) is 4.00. The van der Waals surface area contributed by atoms with Crippen molar-refractivity contribution in [3.05, 3.63) is 42.7 Å². The van der Waals surface area contributed by atoms with Crippen LogP contribution < -0.4 is 4.74 Å². The lowest BCUT2D eigenvalue weighted by atomic mass is 10.3. The summed E-state index contributed by atoms with van der Waals surface area (Å²) in [5.74, 6) is -0.464. The number of nitrogens with zero attached hydrogens (tertiary/aromatic N) is 2. The quantitative estimate of drug-likeness (QED) is 0.801. The van der Waals surface area contributed by atoms with Crippen molar-refractivity contribution in [3.8, 4) is 16.3 Å². The third kappa shape index (κ3) is 2.85. The molecule has 0 spiro atoms. The van der Waals surface area contributed by atoms with Gasteiger partial charge in [-0.1, -0.05) is 0 Å². The van der Waals surface area contributed by atoms with Gasteiger partial charge >= 0.3 is 5.97 Å². The molecular formula is C15H12N2O3S. The minimum atomic E-state index is -0.990. The molecule has 0 saturated carbocycles. The number of thiazole rings is 1. The van der Waals surface area contributed by atoms with E-state index >= 15 is 0 Å². The van der Waals surface area contributed by atoms with Crippen molar-refractivity contribution < 1.29 is 14.6 Å². The first-order valence-corrected chi connectivity index (χ1v) is 7.15. The molecule has 0 amide bonds. The lowest BCUT2D eigenvalue weighted by Crippen LogP contribution is -2.22. The minimum Gasteiger partial charge on any atom is -0.479 e. The Balaban J connectivity index is 1.94. The molecule has 0 aliphatic rings. The van der Waals surface area contributed by atoms with E-state index in [1.165, 1.54) is 18.3 Å². The lowest BCUT2D eigenvalue weighted by molar-refractivity contribution is -0.144. The smallest absolute Gasteiger partial charge is 0.344 e. The van der Waals surface area contributed by atoms with Crippen LogP contribution in [-0.2, 0) is 4.79 Å². The van der Waals surface area contributed by atoms with Crippen LogP contribution in [-0.4, -0.2) is 27.1 Å². The maximum absolute atomic E-state index is 10.8. The normalized spacial score (nSPS) is 12.2. The Labute approximate surface area is 124 Å². The monoisotopic (exact) mass is 300 g/mol. The van der Waals surface area contributed by atoms with Crippen molar-refractivity contribution in [2.75, 3.05) is 0 Å². The standard InChI is InChI=1S/C15H12N2O3S/c1-9(15(18)19)20-11-4-5-12-13(7-11)21-14(17-12)10-3-2-6-16-8-10/h2-9H,1H3,(H,18,19). The molecule has 6 heteroatoms. The van der Waals surface area contributed by atoms with Crippen LogP contribution in [0.3, 0.4) is 0 Å². The Bertz CT molecular complexity index is 786. The van der Waals surface area contributed by atoms with E-state index in [1.54, 1.807) is 18.5 Å². The van der Waals surface area contributed by atoms with E-state index in [4.69, 9.17) is 9.84 Å². The van der Waals surface area contributed by atoms with Crippen LogP contribution in [0.4, 0.5) is 0 Å². The molecule has 0 saturated heterocycles. The Morgan fingerprint density at radius 2 is 2.24 bits per heavy atom. The van der Waals surface area contributed by atoms with Gasteiger partial charge in [0.2, 0.25) is 0 Å². The van der Waals surface area contributed by atoms with Gasteiger partial charge in [0.25, 0.3) is 0 Å². The maximum atomic E-state index is 10.8. The fourth-order valence-corrected chi connectivity index (χ4v) is 2.83. The van der Waals surface area contributed by atoms with E-state index in [0.29, 0.717) is 5.75 Å². The first kappa shape index (κ1) is 13.5. The number of rotatable bonds is 4. The zero-order valence-electron chi connectivity index (χ0n) is 11.2. The van der Waals surface area contributed by atoms with Crippen LogP contribution in [0.2, 0.25) is 0 Å². The van der Waals surface area contributed by atoms with Crippen molar-refractivity contribution in [3.63, 3.8) is 0 Å². The second-order valence-corrected chi connectivity index (χ2v) is 5.52. The van der Waals surface area contributed by atoms with Gasteiger partial charge in [0.1, 0.15) is 10.8 Å². The number of hydrogen-bond acceptors (Lipinski definition) is 5. The summed E-state index contributed by atoms with van der Waals surface area (Å²) < 4.78 is 6.31. The molecule has 3 aromatic rings. The predicted molar refractivity (Wildman–Crippen MR) is 80.6 cm³/mol. The number of carboxylic acids is 1. The number of ether oxygens (including phenoxy) is 1. The van der Waals surface area contributed by atoms with Gasteiger partial charge in [-0.15, -0.1) is 11.3 Å². The van der Waals surface area contributed by atoms with Crippen molar-refractivity contribution in [2.24, 2.45) is 0 Å². The molecule has 0 aliphatic carbocycles. The summed E-state index contributed by atoms with van der Waals surface area (Å²) in [4.78, 5) is 19.4. The highest BCUT2D eigenvalue weighted by atomic mass is 32.1. The largest absolute Gasteiger partial charge is 0.479 e. The van der Waals surface area contributed by atoms with Crippen LogP contribution in [0.15, 0.2) is 42.7 Å². The van der Waals surface area contributed by atoms with Gasteiger partial charge in [-0.25, -0.2) is 9.78 Å². The molecule has 1 unspecified atom stereocenters. The van der Waals surface area contributed by atoms with Gasteiger partial charge in [-0.2, -0.15) is 0 Å². The molecular weight excluding hydrogens is 288 g/mol. The van der Waals surface area contributed by atoms with Gasteiger partial charge in [0.15, 0.2) is 6.10 Å². The lowest BCUT2D eigenvalue weighted by Gasteiger charge is -2.09. The van der Waals surface area contributed by atoms with E-state index in [1.807, 2.05) is 24.3 Å². The van der Waals surface area contributed by atoms with E-state index in [-0.39, 0.29) is 0 Å². The highest BCUT2D eigenvalue weighted by Crippen LogP contribution is 2.32. The number of aliphatic carboxylic acids is 1. The SMILES string of the molecule is CC(Oc1ccc2nc(-c3cccnc3)sc2c1)C(=O)O. The first-order valence-electron chi connectivity index (χ1n) is 6.34. The van der Waals surface area contributed by atoms with Crippen molar-refractivity contribution in [2.45, 2.75) is 13.0 Å². The summed E-state index contributed by atoms with van der Waals surface area (Å²) in [6, 6.07) is 9.19. The Hall–Kier alpha value is -2.47. The minimum absolute atomic E-state index is 0.527. The molecule has 106 valence electrons. The van der Waals surface area contributed by atoms with Gasteiger partial charge in [0, 0.05) is 18.0 Å². The molecule has 1 aromatic carbocycles. The van der Waals surface area contributed by atoms with Crippen molar-refractivity contribution >= 4 is 27.5 Å². The molecule has 21 heavy (non-hydrogen) atoms. The molecule has 5 nitrogen and oxygen atoms in total. The Morgan fingerprint density at radius 1 is 1.38 bits per heavy atom. The summed E-state index contributed by atoms with van der Waals surface area (Å²) in [6.45, 7) is 1.50. The fraction of sp³-hybridized carbons (Fsp3) is 0.133. The van der Waals surface area contributed by atoms with E-state index in [0.717, 1.165) is 20.8 Å². The van der Waals surface area contributed by atoms with Crippen LogP contribution in [0.25, 0.3) is 20.8 Å². The molecule has 1 atom stereocenters. The number of carboxylic acid groups (broad SMARTS) is 1. The van der Waals surface area contributed by atoms with Gasteiger partial charge in [-0.05, 0) is 37.3 Å². The van der Waals surface area contributed by atoms with E-state index < -0.39 is 12.1 Å². The predicted octanol–water partition coefficient (Wildman–Crippen LogP) is 3.21. The number of pyridine rings is 1. The highest BCUT2D eigenvalue weighted by molar-refractivity contribution is 7.21. The number of fused-ring (bicyclic) bond motifs is 1. The van der Waals surface area contributed by atoms with E-state index in [9.17, 15) is 4.79 Å². The number of hydrogen-bond donors (Lipinski definition) is 1. The summed E-state index contributed by atoms with van der Waals surface area (Å²) in [7, 11) is 0. The van der Waals surface area contributed by atoms with Gasteiger partial charge < -0.3 is 9.84 Å². The van der Waals surface area contributed by atoms with Gasteiger partial charge in [-0.3, -0.25) is 4.98 Å². The fourth-order valence-electron chi connectivity index (χ4n) is 1.85. The van der Waals surface area contributed by atoms with Crippen LogP contribution >= 0.6 is 11.3 Å². The summed E-state index contributed by atoms with van der Waals surface area (Å²) in [5.41, 5.74) is 1.81. The number of aromatic nitrogens is 2. The maximum Gasteiger partial charge on any atom is 0.344 e. The van der Waals surface area contributed by atoms with Gasteiger partial charge in [0.05, 0.1) is 10.2 Å². The topological polar surface area (TPSA) is 72.3 Å². The zero-order valence-corrected chi connectivity index (χ0v) is 12.0. The van der Waals surface area contributed by atoms with Crippen LogP contribution in [0.5, 0.6) is 5.75 Å². The van der Waals surface area contributed by atoms with Crippen molar-refractivity contribution in [1.29, 1.82) is 0 Å². The average molecular weight is 300 g/mol. The first-order chi connectivity index (χ1) is 10.1. The summed E-state index contributed by atoms with van der Waals surface area (Å²) in [5, 5.41) is 9.74. The molecule has 3 rings (SSSR count). The molecule has 0 aliphatic heterocycles. The zero-order chi connectivity index (χ0) is 14.8. The molecule has 0 bridgehead atoms. The summed E-state index contributed by atoms with van der Waals surface area (Å²) in [6.07, 6.45) is 2.60. The Kier molecular flexibility index (Phi) is 3.53. The highest BCUT2D eigenvalue weighted by Gasteiger charge is 2.13. The third-order valence-electron chi connectivity index (χ3n) is 2.93. The number of benzene rings is 1. The molecule has 2 heterocycles.